The van der Waals surface area contributed by atoms with Crippen molar-refractivity contribution in [1.82, 2.24) is 29.4 Å². The maximum absolute atomic E-state index is 12.7. The SMILES string of the molecule is C/C=C/N1C[C@H](OC(=O)N2CCN(c3ccn4ncc(-c5cccnc5OC5CC5)c4n3)CC2)CC1=O. The summed E-state index contributed by atoms with van der Waals surface area (Å²) >= 11 is 0. The molecular weight excluding hydrogens is 474 g/mol. The van der Waals surface area contributed by atoms with Gasteiger partial charge in [-0.15, -0.1) is 0 Å². The van der Waals surface area contributed by atoms with Crippen molar-refractivity contribution < 1.29 is 19.1 Å². The third-order valence-corrected chi connectivity index (χ3v) is 6.80. The van der Waals surface area contributed by atoms with Crippen LogP contribution in [0.1, 0.15) is 26.2 Å². The number of ether oxygens (including phenoxy) is 2. The lowest BCUT2D eigenvalue weighted by Gasteiger charge is -2.35. The van der Waals surface area contributed by atoms with Gasteiger partial charge in [0, 0.05) is 50.3 Å². The van der Waals surface area contributed by atoms with Gasteiger partial charge in [-0.25, -0.2) is 19.3 Å². The highest BCUT2D eigenvalue weighted by molar-refractivity contribution is 5.81. The predicted molar refractivity (Wildman–Crippen MR) is 135 cm³/mol. The van der Waals surface area contributed by atoms with Gasteiger partial charge in [-0.2, -0.15) is 5.10 Å². The highest BCUT2D eigenvalue weighted by Crippen LogP contribution is 2.35. The molecule has 0 radical (unpaired) electrons. The van der Waals surface area contributed by atoms with Gasteiger partial charge in [-0.3, -0.25) is 4.79 Å². The minimum atomic E-state index is -0.417. The van der Waals surface area contributed by atoms with E-state index in [1.807, 2.05) is 31.3 Å². The molecule has 3 aliphatic rings. The molecule has 1 atom stereocenters. The van der Waals surface area contributed by atoms with E-state index in [1.165, 1.54) is 0 Å². The van der Waals surface area contributed by atoms with Crippen molar-refractivity contribution in [3.8, 4) is 17.0 Å². The fraction of sp³-hybridized carbons (Fsp3) is 0.423. The Balaban J connectivity index is 1.12. The molecule has 11 nitrogen and oxygen atoms in total. The monoisotopic (exact) mass is 503 g/mol. The van der Waals surface area contributed by atoms with E-state index >= 15 is 0 Å². The molecule has 0 unspecified atom stereocenters. The average Bonchev–Trinajstić information content (AvgIpc) is 3.53. The molecule has 5 heterocycles. The van der Waals surface area contributed by atoms with Crippen molar-refractivity contribution in [2.45, 2.75) is 38.4 Å². The third kappa shape index (κ3) is 4.81. The number of hydrogen-bond donors (Lipinski definition) is 0. The maximum atomic E-state index is 12.7. The van der Waals surface area contributed by atoms with Gasteiger partial charge in [0.05, 0.1) is 24.7 Å². The van der Waals surface area contributed by atoms with Crippen LogP contribution in [0.5, 0.6) is 5.88 Å². The Kier molecular flexibility index (Phi) is 6.11. The molecule has 37 heavy (non-hydrogen) atoms. The fourth-order valence-electron chi connectivity index (χ4n) is 4.69. The van der Waals surface area contributed by atoms with Crippen LogP contribution in [0.3, 0.4) is 0 Å². The molecule has 1 saturated carbocycles. The zero-order valence-corrected chi connectivity index (χ0v) is 20.7. The van der Waals surface area contributed by atoms with Gasteiger partial charge in [0.1, 0.15) is 18.0 Å². The van der Waals surface area contributed by atoms with Crippen molar-refractivity contribution in [3.63, 3.8) is 0 Å². The highest BCUT2D eigenvalue weighted by atomic mass is 16.6. The van der Waals surface area contributed by atoms with E-state index in [2.05, 4.69) is 15.0 Å². The summed E-state index contributed by atoms with van der Waals surface area (Å²) < 4.78 is 13.4. The molecule has 0 spiro atoms. The number of hydrogen-bond acceptors (Lipinski definition) is 8. The molecule has 2 aliphatic heterocycles. The Morgan fingerprint density at radius 2 is 1.95 bits per heavy atom. The molecule has 11 heteroatoms. The Morgan fingerprint density at radius 1 is 1.11 bits per heavy atom. The first-order valence-corrected chi connectivity index (χ1v) is 12.7. The van der Waals surface area contributed by atoms with Gasteiger partial charge in [-0.05, 0) is 38.0 Å². The number of piperazine rings is 1. The van der Waals surface area contributed by atoms with Crippen LogP contribution in [0, 0.1) is 0 Å². The zero-order chi connectivity index (χ0) is 25.4. The molecule has 0 bridgehead atoms. The van der Waals surface area contributed by atoms with Crippen LogP contribution < -0.4 is 9.64 Å². The molecule has 6 rings (SSSR count). The first kappa shape index (κ1) is 23.3. The van der Waals surface area contributed by atoms with Crippen LogP contribution in [0.25, 0.3) is 16.8 Å². The second-order valence-electron chi connectivity index (χ2n) is 9.50. The number of allylic oxidation sites excluding steroid dienone is 1. The lowest BCUT2D eigenvalue weighted by molar-refractivity contribution is -0.125. The standard InChI is InChI=1S/C26H29N7O4/c1-2-9-32-17-19(15-23(32)34)37-26(35)31-13-11-30(12-14-31)22-7-10-33-24(29-22)21(16-28-33)20-4-3-8-27-25(20)36-18-5-6-18/h2-4,7-10,16,18-19H,5-6,11-15,17H2,1H3/b9-2+/t19-/m1/s1. The molecule has 0 N–H and O–H groups in total. The van der Waals surface area contributed by atoms with Gasteiger partial charge in [0.15, 0.2) is 5.65 Å². The smallest absolute Gasteiger partial charge is 0.410 e. The fourth-order valence-corrected chi connectivity index (χ4v) is 4.69. The lowest BCUT2D eigenvalue weighted by atomic mass is 10.1. The Hall–Kier alpha value is -4.15. The first-order chi connectivity index (χ1) is 18.1. The number of pyridine rings is 1. The highest BCUT2D eigenvalue weighted by Gasteiger charge is 2.33. The minimum absolute atomic E-state index is 0.0288. The van der Waals surface area contributed by atoms with Crippen LogP contribution in [-0.4, -0.2) is 86.3 Å². The van der Waals surface area contributed by atoms with E-state index in [-0.39, 0.29) is 24.5 Å². The second kappa shape index (κ2) is 9.72. The Morgan fingerprint density at radius 3 is 2.73 bits per heavy atom. The van der Waals surface area contributed by atoms with Gasteiger partial charge in [-0.1, -0.05) is 6.08 Å². The van der Waals surface area contributed by atoms with Gasteiger partial charge in [0.25, 0.3) is 0 Å². The summed E-state index contributed by atoms with van der Waals surface area (Å²) in [7, 11) is 0. The second-order valence-corrected chi connectivity index (χ2v) is 9.50. The van der Waals surface area contributed by atoms with Gasteiger partial charge >= 0.3 is 6.09 Å². The van der Waals surface area contributed by atoms with Crippen LogP contribution >= 0.6 is 0 Å². The van der Waals surface area contributed by atoms with Crippen molar-refractivity contribution in [1.29, 1.82) is 0 Å². The van der Waals surface area contributed by atoms with Crippen molar-refractivity contribution in [2.24, 2.45) is 0 Å². The predicted octanol–water partition coefficient (Wildman–Crippen LogP) is 2.73. The maximum Gasteiger partial charge on any atom is 0.410 e. The number of aromatic nitrogens is 4. The molecule has 3 aromatic rings. The van der Waals surface area contributed by atoms with Crippen LogP contribution in [-0.2, 0) is 9.53 Å². The number of carbonyl (C=O) groups excluding carboxylic acids is 2. The summed E-state index contributed by atoms with van der Waals surface area (Å²) in [6.45, 7) is 4.53. The normalized spacial score (nSPS) is 20.3. The molecular formula is C26H29N7O4. The molecule has 3 aromatic heterocycles. The molecule has 0 aromatic carbocycles. The van der Waals surface area contributed by atoms with E-state index in [0.29, 0.717) is 38.6 Å². The van der Waals surface area contributed by atoms with Crippen LogP contribution in [0.4, 0.5) is 10.6 Å². The van der Waals surface area contributed by atoms with Gasteiger partial charge in [0.2, 0.25) is 11.8 Å². The topological polar surface area (TPSA) is 105 Å². The average molecular weight is 504 g/mol. The molecule has 2 saturated heterocycles. The summed E-state index contributed by atoms with van der Waals surface area (Å²) in [6, 6.07) is 5.80. The van der Waals surface area contributed by atoms with Crippen molar-refractivity contribution >= 4 is 23.5 Å². The number of carbonyl (C=O) groups is 2. The van der Waals surface area contributed by atoms with Crippen LogP contribution in [0.2, 0.25) is 0 Å². The van der Waals surface area contributed by atoms with Crippen LogP contribution in [0.15, 0.2) is 49.1 Å². The number of amides is 2. The minimum Gasteiger partial charge on any atom is -0.474 e. The van der Waals surface area contributed by atoms with E-state index in [4.69, 9.17) is 14.5 Å². The summed E-state index contributed by atoms with van der Waals surface area (Å²) in [5.74, 6) is 1.40. The van der Waals surface area contributed by atoms with Crippen molar-refractivity contribution in [2.75, 3.05) is 37.6 Å². The summed E-state index contributed by atoms with van der Waals surface area (Å²) in [5.41, 5.74) is 2.47. The van der Waals surface area contributed by atoms with E-state index in [0.717, 1.165) is 35.4 Å². The lowest BCUT2D eigenvalue weighted by Crippen LogP contribution is -2.49. The quantitative estimate of drug-likeness (QED) is 0.506. The van der Waals surface area contributed by atoms with E-state index < -0.39 is 6.10 Å². The largest absolute Gasteiger partial charge is 0.474 e. The Bertz CT molecular complexity index is 1340. The molecule has 2 amide bonds. The van der Waals surface area contributed by atoms with E-state index in [9.17, 15) is 9.59 Å². The third-order valence-electron chi connectivity index (χ3n) is 6.80. The zero-order valence-electron chi connectivity index (χ0n) is 20.7. The number of likely N-dealkylation sites (tertiary alicyclic amines) is 1. The van der Waals surface area contributed by atoms with Gasteiger partial charge < -0.3 is 24.2 Å². The van der Waals surface area contributed by atoms with E-state index in [1.54, 1.807) is 39.0 Å². The Labute approximate surface area is 214 Å². The number of fused-ring (bicyclic) bond motifs is 1. The first-order valence-electron chi connectivity index (χ1n) is 12.7. The number of rotatable bonds is 6. The molecule has 3 fully saturated rings. The number of anilines is 1. The van der Waals surface area contributed by atoms with Crippen molar-refractivity contribution in [3.05, 3.63) is 49.1 Å². The summed E-state index contributed by atoms with van der Waals surface area (Å²) in [4.78, 5) is 39.5. The number of nitrogens with zero attached hydrogens (tertiary/aromatic N) is 7. The summed E-state index contributed by atoms with van der Waals surface area (Å²) in [6.07, 6.45) is 10.7. The summed E-state index contributed by atoms with van der Waals surface area (Å²) in [5, 5.41) is 4.47. The molecule has 1 aliphatic carbocycles. The molecule has 192 valence electrons.